The SMILES string of the molecule is CCCN(Cc1ccc(Br)c(N)c1)CC(F)(F)F. The Morgan fingerprint density at radius 3 is 2.50 bits per heavy atom. The van der Waals surface area contributed by atoms with Gasteiger partial charge in [0.1, 0.15) is 0 Å². The zero-order chi connectivity index (χ0) is 13.8. The second-order valence-electron chi connectivity index (χ2n) is 4.18. The van der Waals surface area contributed by atoms with Crippen molar-refractivity contribution >= 4 is 21.6 Å². The molecule has 1 aromatic rings. The molecule has 0 radical (unpaired) electrons. The van der Waals surface area contributed by atoms with Crippen molar-refractivity contribution in [1.29, 1.82) is 0 Å². The molecule has 0 atom stereocenters. The van der Waals surface area contributed by atoms with Gasteiger partial charge in [-0.05, 0) is 46.6 Å². The van der Waals surface area contributed by atoms with Crippen LogP contribution in [0.4, 0.5) is 18.9 Å². The molecule has 1 rings (SSSR count). The lowest BCUT2D eigenvalue weighted by Crippen LogP contribution is -2.34. The molecule has 0 saturated carbocycles. The molecule has 0 bridgehead atoms. The van der Waals surface area contributed by atoms with Crippen molar-refractivity contribution < 1.29 is 13.2 Å². The van der Waals surface area contributed by atoms with Crippen LogP contribution < -0.4 is 5.73 Å². The van der Waals surface area contributed by atoms with Gasteiger partial charge in [0.2, 0.25) is 0 Å². The van der Waals surface area contributed by atoms with Crippen LogP contribution in [-0.4, -0.2) is 24.2 Å². The summed E-state index contributed by atoms with van der Waals surface area (Å²) in [6.07, 6.45) is -3.49. The quantitative estimate of drug-likeness (QED) is 0.834. The third-order valence-corrected chi connectivity index (χ3v) is 3.13. The van der Waals surface area contributed by atoms with Gasteiger partial charge in [-0.25, -0.2) is 0 Å². The smallest absolute Gasteiger partial charge is 0.398 e. The minimum atomic E-state index is -4.17. The molecule has 6 heteroatoms. The molecule has 0 aromatic heterocycles. The van der Waals surface area contributed by atoms with Crippen LogP contribution in [0.15, 0.2) is 22.7 Å². The van der Waals surface area contributed by atoms with Crippen LogP contribution in [0.5, 0.6) is 0 Å². The number of nitrogen functional groups attached to an aromatic ring is 1. The lowest BCUT2D eigenvalue weighted by atomic mass is 10.2. The van der Waals surface area contributed by atoms with E-state index in [1.807, 2.05) is 6.92 Å². The van der Waals surface area contributed by atoms with E-state index < -0.39 is 12.7 Å². The van der Waals surface area contributed by atoms with Crippen molar-refractivity contribution in [2.75, 3.05) is 18.8 Å². The number of halogens is 4. The van der Waals surface area contributed by atoms with Gasteiger partial charge in [-0.15, -0.1) is 0 Å². The van der Waals surface area contributed by atoms with Crippen molar-refractivity contribution in [2.24, 2.45) is 0 Å². The molecule has 0 spiro atoms. The van der Waals surface area contributed by atoms with E-state index in [1.165, 1.54) is 4.90 Å². The predicted octanol–water partition coefficient (Wildman–Crippen LogP) is 3.81. The number of nitrogens with zero attached hydrogens (tertiary/aromatic N) is 1. The maximum atomic E-state index is 12.4. The van der Waals surface area contributed by atoms with Gasteiger partial charge < -0.3 is 5.73 Å². The zero-order valence-electron chi connectivity index (χ0n) is 10.1. The van der Waals surface area contributed by atoms with Gasteiger partial charge in [0.05, 0.1) is 6.54 Å². The highest BCUT2D eigenvalue weighted by Crippen LogP contribution is 2.22. The molecular weight excluding hydrogens is 309 g/mol. The van der Waals surface area contributed by atoms with Gasteiger partial charge in [-0.2, -0.15) is 13.2 Å². The van der Waals surface area contributed by atoms with Crippen molar-refractivity contribution in [3.05, 3.63) is 28.2 Å². The maximum absolute atomic E-state index is 12.4. The zero-order valence-corrected chi connectivity index (χ0v) is 11.7. The highest BCUT2D eigenvalue weighted by atomic mass is 79.9. The topological polar surface area (TPSA) is 29.3 Å². The van der Waals surface area contributed by atoms with E-state index in [4.69, 9.17) is 5.73 Å². The van der Waals surface area contributed by atoms with E-state index in [0.717, 1.165) is 10.0 Å². The van der Waals surface area contributed by atoms with E-state index in [0.29, 0.717) is 18.7 Å². The van der Waals surface area contributed by atoms with Crippen LogP contribution in [-0.2, 0) is 6.54 Å². The van der Waals surface area contributed by atoms with Crippen LogP contribution in [0.3, 0.4) is 0 Å². The minimum absolute atomic E-state index is 0.255. The van der Waals surface area contributed by atoms with E-state index in [2.05, 4.69) is 15.9 Å². The monoisotopic (exact) mass is 324 g/mol. The summed E-state index contributed by atoms with van der Waals surface area (Å²) in [7, 11) is 0. The lowest BCUT2D eigenvalue weighted by molar-refractivity contribution is -0.147. The second-order valence-corrected chi connectivity index (χ2v) is 5.04. The minimum Gasteiger partial charge on any atom is -0.398 e. The maximum Gasteiger partial charge on any atom is 0.401 e. The Morgan fingerprint density at radius 1 is 1.33 bits per heavy atom. The fourth-order valence-electron chi connectivity index (χ4n) is 1.73. The van der Waals surface area contributed by atoms with E-state index >= 15 is 0 Å². The molecule has 0 aliphatic heterocycles. The van der Waals surface area contributed by atoms with E-state index in [9.17, 15) is 13.2 Å². The summed E-state index contributed by atoms with van der Waals surface area (Å²) < 4.78 is 38.0. The Labute approximate surface area is 113 Å². The standard InChI is InChI=1S/C12H16BrF3N2/c1-2-5-18(8-12(14,15)16)7-9-3-4-10(13)11(17)6-9/h3-4,6H,2,5,7-8,17H2,1H3. The van der Waals surface area contributed by atoms with Crippen molar-refractivity contribution in [2.45, 2.75) is 26.1 Å². The molecule has 0 heterocycles. The van der Waals surface area contributed by atoms with Gasteiger partial charge in [0.15, 0.2) is 0 Å². The number of nitrogens with two attached hydrogens (primary N) is 1. The van der Waals surface area contributed by atoms with Gasteiger partial charge in [-0.1, -0.05) is 13.0 Å². The lowest BCUT2D eigenvalue weighted by Gasteiger charge is -2.23. The Kier molecular flexibility index (Phi) is 5.47. The Morgan fingerprint density at radius 2 is 2.00 bits per heavy atom. The van der Waals surface area contributed by atoms with Gasteiger partial charge in [0, 0.05) is 16.7 Å². The fourth-order valence-corrected chi connectivity index (χ4v) is 1.98. The summed E-state index contributed by atoms with van der Waals surface area (Å²) in [5, 5.41) is 0. The molecule has 0 aliphatic carbocycles. The average molecular weight is 325 g/mol. The summed E-state index contributed by atoms with van der Waals surface area (Å²) in [6, 6.07) is 5.23. The molecule has 102 valence electrons. The first-order valence-electron chi connectivity index (χ1n) is 5.65. The number of benzene rings is 1. The van der Waals surface area contributed by atoms with Gasteiger partial charge in [-0.3, -0.25) is 4.90 Å². The first-order chi connectivity index (χ1) is 8.31. The molecule has 0 unspecified atom stereocenters. The first-order valence-corrected chi connectivity index (χ1v) is 6.44. The van der Waals surface area contributed by atoms with E-state index in [-0.39, 0.29) is 6.54 Å². The van der Waals surface area contributed by atoms with E-state index in [1.54, 1.807) is 18.2 Å². The third-order valence-electron chi connectivity index (χ3n) is 2.41. The van der Waals surface area contributed by atoms with Crippen LogP contribution in [0.25, 0.3) is 0 Å². The number of rotatable bonds is 5. The molecule has 1 aromatic carbocycles. The van der Waals surface area contributed by atoms with Crippen LogP contribution in [0, 0.1) is 0 Å². The summed E-state index contributed by atoms with van der Waals surface area (Å²) in [6.45, 7) is 1.64. The summed E-state index contributed by atoms with van der Waals surface area (Å²) in [4.78, 5) is 1.38. The molecule has 2 N–H and O–H groups in total. The molecule has 0 aliphatic rings. The number of alkyl halides is 3. The molecule has 0 fully saturated rings. The summed E-state index contributed by atoms with van der Waals surface area (Å²) in [5.41, 5.74) is 7.03. The average Bonchev–Trinajstić information content (AvgIpc) is 2.21. The number of anilines is 1. The van der Waals surface area contributed by atoms with Gasteiger partial charge in [0.25, 0.3) is 0 Å². The fraction of sp³-hybridized carbons (Fsp3) is 0.500. The molecule has 2 nitrogen and oxygen atoms in total. The Bertz CT molecular complexity index is 393. The molecule has 0 amide bonds. The Hall–Kier alpha value is -0.750. The van der Waals surface area contributed by atoms with Crippen LogP contribution in [0.2, 0.25) is 0 Å². The molecule has 0 saturated heterocycles. The second kappa shape index (κ2) is 6.43. The first kappa shape index (κ1) is 15.3. The van der Waals surface area contributed by atoms with Crippen molar-refractivity contribution in [3.8, 4) is 0 Å². The predicted molar refractivity (Wildman–Crippen MR) is 70.2 cm³/mol. The highest BCUT2D eigenvalue weighted by molar-refractivity contribution is 9.10. The van der Waals surface area contributed by atoms with Crippen LogP contribution >= 0.6 is 15.9 Å². The normalized spacial score (nSPS) is 12.1. The van der Waals surface area contributed by atoms with Gasteiger partial charge >= 0.3 is 6.18 Å². The summed E-state index contributed by atoms with van der Waals surface area (Å²) >= 11 is 3.26. The number of hydrogen-bond donors (Lipinski definition) is 1. The highest BCUT2D eigenvalue weighted by Gasteiger charge is 2.30. The van der Waals surface area contributed by atoms with Crippen molar-refractivity contribution in [1.82, 2.24) is 4.90 Å². The largest absolute Gasteiger partial charge is 0.401 e. The molecule has 18 heavy (non-hydrogen) atoms. The van der Waals surface area contributed by atoms with Crippen LogP contribution in [0.1, 0.15) is 18.9 Å². The molecular formula is C12H16BrF3N2. The third kappa shape index (κ3) is 5.27. The Balaban J connectivity index is 2.73. The van der Waals surface area contributed by atoms with Crippen molar-refractivity contribution in [3.63, 3.8) is 0 Å². The number of hydrogen-bond acceptors (Lipinski definition) is 2. The summed E-state index contributed by atoms with van der Waals surface area (Å²) in [5.74, 6) is 0.